The van der Waals surface area contributed by atoms with Gasteiger partial charge in [0.15, 0.2) is 0 Å². The standard InChI is InChI=1S/C12H21N5S/c1-3-8-17-12(13-14-15-17)18-10-7-11-6-4-5-9-16(11)2/h3,11H,1,4-10H2,2H3. The van der Waals surface area contributed by atoms with Crippen LogP contribution in [0.4, 0.5) is 0 Å². The second kappa shape index (κ2) is 6.89. The maximum absolute atomic E-state index is 4.04. The first-order valence-electron chi connectivity index (χ1n) is 6.51. The number of allylic oxidation sites excluding steroid dienone is 1. The van der Waals surface area contributed by atoms with Crippen LogP contribution in [0.2, 0.25) is 0 Å². The summed E-state index contributed by atoms with van der Waals surface area (Å²) in [6, 6.07) is 0.731. The summed E-state index contributed by atoms with van der Waals surface area (Å²) in [7, 11) is 2.23. The third-order valence-corrected chi connectivity index (χ3v) is 4.40. The zero-order valence-electron chi connectivity index (χ0n) is 11.0. The molecule has 1 fully saturated rings. The van der Waals surface area contributed by atoms with Gasteiger partial charge in [-0.3, -0.25) is 0 Å². The quantitative estimate of drug-likeness (QED) is 0.581. The van der Waals surface area contributed by atoms with Gasteiger partial charge >= 0.3 is 0 Å². The van der Waals surface area contributed by atoms with E-state index in [2.05, 4.69) is 34.1 Å². The van der Waals surface area contributed by atoms with Crippen LogP contribution in [-0.2, 0) is 6.54 Å². The van der Waals surface area contributed by atoms with Crippen molar-refractivity contribution in [2.24, 2.45) is 0 Å². The molecule has 0 spiro atoms. The Kier molecular flexibility index (Phi) is 5.19. The zero-order valence-corrected chi connectivity index (χ0v) is 11.8. The van der Waals surface area contributed by atoms with Gasteiger partial charge in [-0.2, -0.15) is 0 Å². The lowest BCUT2D eigenvalue weighted by Gasteiger charge is -2.32. The number of nitrogens with zero attached hydrogens (tertiary/aromatic N) is 5. The van der Waals surface area contributed by atoms with Crippen LogP contribution in [0.5, 0.6) is 0 Å². The number of thioether (sulfide) groups is 1. The number of hydrogen-bond acceptors (Lipinski definition) is 5. The maximum Gasteiger partial charge on any atom is 0.209 e. The highest BCUT2D eigenvalue weighted by Crippen LogP contribution is 2.22. The smallest absolute Gasteiger partial charge is 0.209 e. The molecule has 1 saturated heterocycles. The fraction of sp³-hybridized carbons (Fsp3) is 0.750. The third kappa shape index (κ3) is 3.55. The number of rotatable bonds is 6. The van der Waals surface area contributed by atoms with E-state index in [9.17, 15) is 0 Å². The Morgan fingerprint density at radius 1 is 1.50 bits per heavy atom. The average molecular weight is 267 g/mol. The lowest BCUT2D eigenvalue weighted by atomic mass is 10.0. The fourth-order valence-corrected chi connectivity index (χ4v) is 3.26. The maximum atomic E-state index is 4.04. The number of piperidine rings is 1. The van der Waals surface area contributed by atoms with Crippen molar-refractivity contribution in [2.45, 2.75) is 43.4 Å². The van der Waals surface area contributed by atoms with Gasteiger partial charge in [-0.15, -0.1) is 11.7 Å². The highest BCUT2D eigenvalue weighted by Gasteiger charge is 2.18. The number of hydrogen-bond donors (Lipinski definition) is 0. The summed E-state index contributed by atoms with van der Waals surface area (Å²) < 4.78 is 1.79. The number of tetrazole rings is 1. The van der Waals surface area contributed by atoms with Crippen LogP contribution in [0.25, 0.3) is 0 Å². The van der Waals surface area contributed by atoms with Gasteiger partial charge in [-0.1, -0.05) is 24.3 Å². The summed E-state index contributed by atoms with van der Waals surface area (Å²) in [5, 5.41) is 12.6. The Morgan fingerprint density at radius 3 is 3.17 bits per heavy atom. The molecule has 0 aliphatic carbocycles. The van der Waals surface area contributed by atoms with E-state index in [1.165, 1.54) is 32.2 Å². The molecule has 0 amide bonds. The minimum absolute atomic E-state index is 0.679. The third-order valence-electron chi connectivity index (χ3n) is 3.40. The van der Waals surface area contributed by atoms with E-state index in [1.54, 1.807) is 16.4 Å². The zero-order chi connectivity index (χ0) is 12.8. The molecule has 1 atom stereocenters. The molecule has 5 nitrogen and oxygen atoms in total. The minimum atomic E-state index is 0.679. The largest absolute Gasteiger partial charge is 0.303 e. The molecule has 0 saturated carbocycles. The number of aromatic nitrogens is 4. The first-order chi connectivity index (χ1) is 8.81. The normalized spacial score (nSPS) is 21.1. The minimum Gasteiger partial charge on any atom is -0.303 e. The Balaban J connectivity index is 1.77. The summed E-state index contributed by atoms with van der Waals surface area (Å²) in [6.07, 6.45) is 7.07. The van der Waals surface area contributed by atoms with E-state index >= 15 is 0 Å². The molecule has 1 aliphatic rings. The van der Waals surface area contributed by atoms with Gasteiger partial charge in [0.1, 0.15) is 0 Å². The van der Waals surface area contributed by atoms with Gasteiger partial charge < -0.3 is 4.90 Å². The molecule has 100 valence electrons. The monoisotopic (exact) mass is 267 g/mol. The van der Waals surface area contributed by atoms with E-state index in [4.69, 9.17) is 0 Å². The molecule has 2 heterocycles. The van der Waals surface area contributed by atoms with Crippen molar-refractivity contribution in [3.05, 3.63) is 12.7 Å². The summed E-state index contributed by atoms with van der Waals surface area (Å²) in [5.41, 5.74) is 0. The van der Waals surface area contributed by atoms with Crippen molar-refractivity contribution in [1.29, 1.82) is 0 Å². The Bertz CT molecular complexity index is 378. The Hall–Kier alpha value is -0.880. The van der Waals surface area contributed by atoms with Crippen LogP contribution in [0, 0.1) is 0 Å². The molecular weight excluding hydrogens is 246 g/mol. The lowest BCUT2D eigenvalue weighted by Crippen LogP contribution is -2.36. The highest BCUT2D eigenvalue weighted by molar-refractivity contribution is 7.99. The van der Waals surface area contributed by atoms with Crippen molar-refractivity contribution in [3.63, 3.8) is 0 Å². The summed E-state index contributed by atoms with van der Waals surface area (Å²) >= 11 is 1.74. The van der Waals surface area contributed by atoms with Crippen LogP contribution in [0.1, 0.15) is 25.7 Å². The van der Waals surface area contributed by atoms with Crippen LogP contribution in [0.15, 0.2) is 17.8 Å². The molecule has 18 heavy (non-hydrogen) atoms. The summed E-state index contributed by atoms with van der Waals surface area (Å²) in [6.45, 7) is 5.63. The highest BCUT2D eigenvalue weighted by atomic mass is 32.2. The van der Waals surface area contributed by atoms with E-state index in [0.29, 0.717) is 6.54 Å². The van der Waals surface area contributed by atoms with Gasteiger partial charge in [-0.25, -0.2) is 4.68 Å². The molecule has 1 unspecified atom stereocenters. The van der Waals surface area contributed by atoms with Crippen molar-refractivity contribution in [1.82, 2.24) is 25.1 Å². The van der Waals surface area contributed by atoms with Crippen molar-refractivity contribution in [2.75, 3.05) is 19.3 Å². The molecule has 1 aliphatic heterocycles. The van der Waals surface area contributed by atoms with Crippen molar-refractivity contribution in [3.8, 4) is 0 Å². The van der Waals surface area contributed by atoms with Gasteiger partial charge in [0.2, 0.25) is 5.16 Å². The SMILES string of the molecule is C=CCn1nnnc1SCCC1CCCCN1C. The number of likely N-dealkylation sites (tertiary alicyclic amines) is 1. The molecule has 1 aromatic rings. The van der Waals surface area contributed by atoms with Gasteiger partial charge in [-0.05, 0) is 43.3 Å². The fourth-order valence-electron chi connectivity index (χ4n) is 2.33. The molecule has 1 aromatic heterocycles. The Labute approximate surface area is 113 Å². The van der Waals surface area contributed by atoms with Gasteiger partial charge in [0, 0.05) is 11.8 Å². The average Bonchev–Trinajstić information content (AvgIpc) is 2.80. The van der Waals surface area contributed by atoms with Crippen LogP contribution < -0.4 is 0 Å². The van der Waals surface area contributed by atoms with Crippen LogP contribution in [0.3, 0.4) is 0 Å². The first kappa shape index (κ1) is 13.5. The molecule has 0 N–H and O–H groups in total. The lowest BCUT2D eigenvalue weighted by molar-refractivity contribution is 0.182. The first-order valence-corrected chi connectivity index (χ1v) is 7.50. The molecular formula is C12H21N5S. The van der Waals surface area contributed by atoms with E-state index in [-0.39, 0.29) is 0 Å². The van der Waals surface area contributed by atoms with Gasteiger partial charge in [0.05, 0.1) is 6.54 Å². The predicted molar refractivity (Wildman–Crippen MR) is 73.6 cm³/mol. The van der Waals surface area contributed by atoms with E-state index < -0.39 is 0 Å². The molecule has 0 aromatic carbocycles. The Morgan fingerprint density at radius 2 is 2.39 bits per heavy atom. The predicted octanol–water partition coefficient (Wildman–Crippen LogP) is 1.83. The van der Waals surface area contributed by atoms with E-state index in [1.807, 2.05) is 6.08 Å². The molecule has 0 radical (unpaired) electrons. The van der Waals surface area contributed by atoms with Crippen LogP contribution in [-0.4, -0.2) is 50.5 Å². The summed E-state index contributed by atoms with van der Waals surface area (Å²) in [4.78, 5) is 2.48. The second-order valence-electron chi connectivity index (χ2n) is 4.70. The molecule has 6 heteroatoms. The topological polar surface area (TPSA) is 46.8 Å². The van der Waals surface area contributed by atoms with Gasteiger partial charge in [0.25, 0.3) is 0 Å². The van der Waals surface area contributed by atoms with E-state index in [0.717, 1.165) is 17.0 Å². The summed E-state index contributed by atoms with van der Waals surface area (Å²) in [5.74, 6) is 1.08. The molecule has 0 bridgehead atoms. The van der Waals surface area contributed by atoms with Crippen molar-refractivity contribution < 1.29 is 0 Å². The van der Waals surface area contributed by atoms with Crippen LogP contribution >= 0.6 is 11.8 Å². The molecule has 2 rings (SSSR count). The second-order valence-corrected chi connectivity index (χ2v) is 5.76. The van der Waals surface area contributed by atoms with Crippen molar-refractivity contribution >= 4 is 11.8 Å².